The van der Waals surface area contributed by atoms with Crippen molar-refractivity contribution >= 4 is 27.7 Å². The zero-order valence-electron chi connectivity index (χ0n) is 11.9. The highest BCUT2D eigenvalue weighted by molar-refractivity contribution is 9.10. The Balaban J connectivity index is 2.22. The Morgan fingerprint density at radius 1 is 1.53 bits per heavy atom. The van der Waals surface area contributed by atoms with Crippen LogP contribution in [0.25, 0.3) is 0 Å². The maximum Gasteiger partial charge on any atom is 0.0706 e. The first kappa shape index (κ1) is 15.4. The first-order valence-electron chi connectivity index (χ1n) is 7.34. The van der Waals surface area contributed by atoms with Gasteiger partial charge in [-0.25, -0.2) is 0 Å². The SMILES string of the molecule is CCCNC(c1c(Br)cnn1CC)C1CCCCS1. The van der Waals surface area contributed by atoms with Crippen molar-refractivity contribution in [2.45, 2.75) is 57.4 Å². The fourth-order valence-corrected chi connectivity index (χ4v) is 4.63. The lowest BCUT2D eigenvalue weighted by atomic mass is 10.0. The van der Waals surface area contributed by atoms with E-state index in [0.717, 1.165) is 17.6 Å². The fraction of sp³-hybridized carbons (Fsp3) is 0.786. The first-order valence-corrected chi connectivity index (χ1v) is 9.18. The number of halogens is 1. The van der Waals surface area contributed by atoms with Crippen LogP contribution < -0.4 is 5.32 Å². The lowest BCUT2D eigenvalue weighted by Crippen LogP contribution is -2.34. The van der Waals surface area contributed by atoms with Crippen LogP contribution in [0.4, 0.5) is 0 Å². The van der Waals surface area contributed by atoms with Gasteiger partial charge in [-0.1, -0.05) is 13.3 Å². The number of rotatable bonds is 6. The van der Waals surface area contributed by atoms with Crippen LogP contribution >= 0.6 is 27.7 Å². The van der Waals surface area contributed by atoms with Crippen LogP contribution in [0, 0.1) is 0 Å². The van der Waals surface area contributed by atoms with E-state index >= 15 is 0 Å². The van der Waals surface area contributed by atoms with Crippen molar-refractivity contribution in [2.24, 2.45) is 0 Å². The first-order chi connectivity index (χ1) is 9.27. The predicted octanol–water partition coefficient (Wildman–Crippen LogP) is 3.99. The van der Waals surface area contributed by atoms with Gasteiger partial charge in [0.05, 0.1) is 22.4 Å². The minimum atomic E-state index is 0.419. The van der Waals surface area contributed by atoms with Crippen LogP contribution in [0.2, 0.25) is 0 Å². The molecule has 19 heavy (non-hydrogen) atoms. The molecule has 1 aliphatic rings. The summed E-state index contributed by atoms with van der Waals surface area (Å²) >= 11 is 5.81. The third kappa shape index (κ3) is 3.76. The molecule has 3 nitrogen and oxygen atoms in total. The molecule has 1 aromatic heterocycles. The van der Waals surface area contributed by atoms with E-state index in [1.165, 1.54) is 37.1 Å². The Kier molecular flexibility index (Phi) is 6.23. The van der Waals surface area contributed by atoms with E-state index in [9.17, 15) is 0 Å². The molecule has 2 atom stereocenters. The van der Waals surface area contributed by atoms with Crippen LogP contribution in [-0.2, 0) is 6.54 Å². The van der Waals surface area contributed by atoms with E-state index in [2.05, 4.69) is 56.6 Å². The van der Waals surface area contributed by atoms with Crippen molar-refractivity contribution in [3.63, 3.8) is 0 Å². The van der Waals surface area contributed by atoms with Crippen molar-refractivity contribution in [3.05, 3.63) is 16.4 Å². The molecule has 0 spiro atoms. The molecule has 2 unspecified atom stereocenters. The molecule has 1 aromatic rings. The molecule has 0 bridgehead atoms. The molecule has 2 rings (SSSR count). The van der Waals surface area contributed by atoms with Crippen LogP contribution in [-0.4, -0.2) is 27.3 Å². The van der Waals surface area contributed by atoms with Gasteiger partial charge >= 0.3 is 0 Å². The number of thioether (sulfide) groups is 1. The molecule has 1 aliphatic heterocycles. The second kappa shape index (κ2) is 7.70. The van der Waals surface area contributed by atoms with E-state index in [4.69, 9.17) is 0 Å². The van der Waals surface area contributed by atoms with Crippen LogP contribution in [0.1, 0.15) is 51.3 Å². The maximum absolute atomic E-state index is 4.48. The summed E-state index contributed by atoms with van der Waals surface area (Å²) in [5.41, 5.74) is 1.33. The molecule has 1 fully saturated rings. The average molecular weight is 346 g/mol. The van der Waals surface area contributed by atoms with Gasteiger partial charge in [0, 0.05) is 11.8 Å². The molecule has 1 N–H and O–H groups in total. The number of hydrogen-bond acceptors (Lipinski definition) is 3. The lowest BCUT2D eigenvalue weighted by molar-refractivity contribution is 0.443. The molecule has 108 valence electrons. The Morgan fingerprint density at radius 2 is 2.37 bits per heavy atom. The van der Waals surface area contributed by atoms with Crippen molar-refractivity contribution in [3.8, 4) is 0 Å². The quantitative estimate of drug-likeness (QED) is 0.845. The smallest absolute Gasteiger partial charge is 0.0706 e. The van der Waals surface area contributed by atoms with Crippen molar-refractivity contribution in [1.29, 1.82) is 0 Å². The van der Waals surface area contributed by atoms with Crippen molar-refractivity contribution < 1.29 is 0 Å². The molecular formula is C14H24BrN3S. The summed E-state index contributed by atoms with van der Waals surface area (Å²) < 4.78 is 3.28. The van der Waals surface area contributed by atoms with E-state index in [1.807, 2.05) is 6.20 Å². The summed E-state index contributed by atoms with van der Waals surface area (Å²) in [4.78, 5) is 0. The van der Waals surface area contributed by atoms with E-state index in [-0.39, 0.29) is 0 Å². The van der Waals surface area contributed by atoms with Gasteiger partial charge in [0.15, 0.2) is 0 Å². The minimum Gasteiger partial charge on any atom is -0.308 e. The molecule has 0 aromatic carbocycles. The lowest BCUT2D eigenvalue weighted by Gasteiger charge is -2.31. The number of nitrogens with zero attached hydrogens (tertiary/aromatic N) is 2. The van der Waals surface area contributed by atoms with Gasteiger partial charge < -0.3 is 5.32 Å². The predicted molar refractivity (Wildman–Crippen MR) is 86.7 cm³/mol. The highest BCUT2D eigenvalue weighted by Crippen LogP contribution is 2.37. The van der Waals surface area contributed by atoms with Crippen molar-refractivity contribution in [1.82, 2.24) is 15.1 Å². The van der Waals surface area contributed by atoms with E-state index < -0.39 is 0 Å². The Morgan fingerprint density at radius 3 is 3.00 bits per heavy atom. The van der Waals surface area contributed by atoms with Crippen LogP contribution in [0.5, 0.6) is 0 Å². The molecule has 1 saturated heterocycles. The molecule has 0 saturated carbocycles. The third-order valence-electron chi connectivity index (χ3n) is 3.63. The minimum absolute atomic E-state index is 0.419. The summed E-state index contributed by atoms with van der Waals surface area (Å²) in [7, 11) is 0. The normalized spacial score (nSPS) is 21.5. The standard InChI is InChI=1S/C14H24BrN3S/c1-3-8-16-13(12-7-5-6-9-19-12)14-11(15)10-17-18(14)4-2/h10,12-13,16H,3-9H2,1-2H3. The third-order valence-corrected chi connectivity index (χ3v) is 5.70. The topological polar surface area (TPSA) is 29.9 Å². The Bertz CT molecular complexity index is 388. The highest BCUT2D eigenvalue weighted by Gasteiger charge is 2.29. The number of aromatic nitrogens is 2. The maximum atomic E-state index is 4.48. The zero-order valence-corrected chi connectivity index (χ0v) is 14.3. The second-order valence-electron chi connectivity index (χ2n) is 5.03. The Labute approximate surface area is 129 Å². The van der Waals surface area contributed by atoms with Gasteiger partial charge in [-0.3, -0.25) is 4.68 Å². The highest BCUT2D eigenvalue weighted by atomic mass is 79.9. The second-order valence-corrected chi connectivity index (χ2v) is 7.23. The number of aryl methyl sites for hydroxylation is 1. The monoisotopic (exact) mass is 345 g/mol. The summed E-state index contributed by atoms with van der Waals surface area (Å²) in [6.45, 7) is 6.39. The van der Waals surface area contributed by atoms with Crippen molar-refractivity contribution in [2.75, 3.05) is 12.3 Å². The molecule has 2 heterocycles. The Hall–Kier alpha value is -0.000000000000000111. The van der Waals surface area contributed by atoms with Crippen LogP contribution in [0.3, 0.4) is 0 Å². The van der Waals surface area contributed by atoms with Gasteiger partial charge in [0.1, 0.15) is 0 Å². The zero-order chi connectivity index (χ0) is 13.7. The summed E-state index contributed by atoms with van der Waals surface area (Å²) in [6, 6.07) is 0.419. The average Bonchev–Trinajstić information content (AvgIpc) is 2.82. The fourth-order valence-electron chi connectivity index (χ4n) is 2.67. The number of hydrogen-bond donors (Lipinski definition) is 1. The van der Waals surface area contributed by atoms with Gasteiger partial charge in [-0.2, -0.15) is 16.9 Å². The summed E-state index contributed by atoms with van der Waals surface area (Å²) in [5, 5.41) is 8.90. The van der Waals surface area contributed by atoms with Crippen LogP contribution in [0.15, 0.2) is 10.7 Å². The van der Waals surface area contributed by atoms with Gasteiger partial charge in [-0.15, -0.1) is 0 Å². The molecule has 0 radical (unpaired) electrons. The largest absolute Gasteiger partial charge is 0.308 e. The molecule has 0 amide bonds. The molecule has 5 heteroatoms. The van der Waals surface area contributed by atoms with Gasteiger partial charge in [0.2, 0.25) is 0 Å². The van der Waals surface area contributed by atoms with E-state index in [1.54, 1.807) is 0 Å². The van der Waals surface area contributed by atoms with E-state index in [0.29, 0.717) is 11.3 Å². The molecular weight excluding hydrogens is 322 g/mol. The van der Waals surface area contributed by atoms with Gasteiger partial charge in [0.25, 0.3) is 0 Å². The summed E-state index contributed by atoms with van der Waals surface area (Å²) in [6.07, 6.45) is 7.15. The molecule has 0 aliphatic carbocycles. The van der Waals surface area contributed by atoms with Gasteiger partial charge in [-0.05, 0) is 54.4 Å². The summed E-state index contributed by atoms with van der Waals surface area (Å²) in [5.74, 6) is 1.30. The number of nitrogens with one attached hydrogen (secondary N) is 1.